The van der Waals surface area contributed by atoms with E-state index in [1.807, 2.05) is 0 Å². The highest BCUT2D eigenvalue weighted by Crippen LogP contribution is 2.30. The van der Waals surface area contributed by atoms with Crippen molar-refractivity contribution in [2.24, 2.45) is 17.6 Å². The Balaban J connectivity index is 1.95. The van der Waals surface area contributed by atoms with E-state index in [0.29, 0.717) is 31.7 Å². The highest BCUT2D eigenvalue weighted by Gasteiger charge is 2.25. The summed E-state index contributed by atoms with van der Waals surface area (Å²) in [5.41, 5.74) is 5.69. The molecule has 0 aromatic rings. The SMILES string of the molecule is NCC1CCCC1COCCOCCO. The van der Waals surface area contributed by atoms with Crippen molar-refractivity contribution in [3.05, 3.63) is 0 Å². The van der Waals surface area contributed by atoms with Gasteiger partial charge in [-0.1, -0.05) is 6.42 Å². The van der Waals surface area contributed by atoms with Crippen LogP contribution in [0.15, 0.2) is 0 Å². The zero-order valence-electron chi connectivity index (χ0n) is 9.36. The van der Waals surface area contributed by atoms with E-state index in [0.717, 1.165) is 13.2 Å². The molecular weight excluding hydrogens is 194 g/mol. The Morgan fingerprint density at radius 3 is 2.53 bits per heavy atom. The second-order valence-electron chi connectivity index (χ2n) is 4.10. The van der Waals surface area contributed by atoms with Crippen LogP contribution < -0.4 is 5.73 Å². The lowest BCUT2D eigenvalue weighted by molar-refractivity contribution is 0.0180. The standard InChI is InChI=1S/C11H23NO3/c12-8-10-2-1-3-11(10)9-15-7-6-14-5-4-13/h10-11,13H,1-9,12H2. The van der Waals surface area contributed by atoms with Crippen molar-refractivity contribution < 1.29 is 14.6 Å². The molecule has 0 saturated heterocycles. The van der Waals surface area contributed by atoms with Gasteiger partial charge in [-0.15, -0.1) is 0 Å². The third-order valence-corrected chi connectivity index (χ3v) is 3.06. The lowest BCUT2D eigenvalue weighted by atomic mass is 9.97. The molecule has 2 unspecified atom stereocenters. The summed E-state index contributed by atoms with van der Waals surface area (Å²) in [6.45, 7) is 3.27. The van der Waals surface area contributed by atoms with Gasteiger partial charge in [-0.2, -0.15) is 0 Å². The van der Waals surface area contributed by atoms with E-state index < -0.39 is 0 Å². The summed E-state index contributed by atoms with van der Waals surface area (Å²) in [6, 6.07) is 0. The van der Waals surface area contributed by atoms with Gasteiger partial charge in [0.05, 0.1) is 26.4 Å². The Labute approximate surface area is 91.7 Å². The molecule has 0 aromatic carbocycles. The van der Waals surface area contributed by atoms with Crippen LogP contribution in [0, 0.1) is 11.8 Å². The van der Waals surface area contributed by atoms with Gasteiger partial charge in [-0.25, -0.2) is 0 Å². The summed E-state index contributed by atoms with van der Waals surface area (Å²) >= 11 is 0. The van der Waals surface area contributed by atoms with Crippen LogP contribution >= 0.6 is 0 Å². The molecule has 0 heterocycles. The summed E-state index contributed by atoms with van der Waals surface area (Å²) in [7, 11) is 0. The number of rotatable bonds is 8. The fourth-order valence-corrected chi connectivity index (χ4v) is 2.16. The Morgan fingerprint density at radius 2 is 1.80 bits per heavy atom. The zero-order chi connectivity index (χ0) is 10.9. The minimum atomic E-state index is 0.0812. The average molecular weight is 217 g/mol. The maximum Gasteiger partial charge on any atom is 0.0701 e. The van der Waals surface area contributed by atoms with E-state index in [9.17, 15) is 0 Å². The highest BCUT2D eigenvalue weighted by molar-refractivity contribution is 4.77. The minimum Gasteiger partial charge on any atom is -0.394 e. The molecule has 1 saturated carbocycles. The van der Waals surface area contributed by atoms with Crippen LogP contribution in [0.25, 0.3) is 0 Å². The van der Waals surface area contributed by atoms with Gasteiger partial charge in [0.2, 0.25) is 0 Å². The van der Waals surface area contributed by atoms with Crippen molar-refractivity contribution in [2.75, 3.05) is 39.6 Å². The zero-order valence-corrected chi connectivity index (χ0v) is 9.36. The predicted octanol–water partition coefficient (Wildman–Crippen LogP) is 0.387. The average Bonchev–Trinajstić information content (AvgIpc) is 2.70. The Morgan fingerprint density at radius 1 is 1.07 bits per heavy atom. The number of aliphatic hydroxyl groups excluding tert-OH is 1. The number of hydrogen-bond donors (Lipinski definition) is 2. The molecule has 1 rings (SSSR count). The van der Waals surface area contributed by atoms with Crippen molar-refractivity contribution in [3.8, 4) is 0 Å². The first kappa shape index (κ1) is 12.9. The number of aliphatic hydroxyl groups is 1. The molecular formula is C11H23NO3. The van der Waals surface area contributed by atoms with Gasteiger partial charge < -0.3 is 20.3 Å². The van der Waals surface area contributed by atoms with Crippen LogP contribution in [0.5, 0.6) is 0 Å². The Bertz CT molecular complexity index is 155. The first-order chi connectivity index (χ1) is 7.38. The summed E-state index contributed by atoms with van der Waals surface area (Å²) in [6.07, 6.45) is 3.79. The molecule has 3 N–H and O–H groups in total. The lowest BCUT2D eigenvalue weighted by Gasteiger charge is -2.17. The molecule has 0 aliphatic heterocycles. The van der Waals surface area contributed by atoms with E-state index in [1.165, 1.54) is 19.3 Å². The number of ether oxygens (including phenoxy) is 2. The van der Waals surface area contributed by atoms with Crippen molar-refractivity contribution in [1.82, 2.24) is 0 Å². The molecule has 15 heavy (non-hydrogen) atoms. The van der Waals surface area contributed by atoms with Gasteiger partial charge in [-0.05, 0) is 31.2 Å². The highest BCUT2D eigenvalue weighted by atomic mass is 16.5. The van der Waals surface area contributed by atoms with Gasteiger partial charge in [-0.3, -0.25) is 0 Å². The number of nitrogens with two attached hydrogens (primary N) is 1. The van der Waals surface area contributed by atoms with Crippen molar-refractivity contribution in [3.63, 3.8) is 0 Å². The minimum absolute atomic E-state index is 0.0812. The van der Waals surface area contributed by atoms with E-state index in [1.54, 1.807) is 0 Å². The van der Waals surface area contributed by atoms with Crippen LogP contribution in [-0.4, -0.2) is 44.7 Å². The smallest absolute Gasteiger partial charge is 0.0701 e. The van der Waals surface area contributed by atoms with Crippen LogP contribution in [-0.2, 0) is 9.47 Å². The van der Waals surface area contributed by atoms with Gasteiger partial charge >= 0.3 is 0 Å². The van der Waals surface area contributed by atoms with Gasteiger partial charge in [0, 0.05) is 6.61 Å². The second-order valence-corrected chi connectivity index (χ2v) is 4.10. The van der Waals surface area contributed by atoms with Crippen molar-refractivity contribution in [2.45, 2.75) is 19.3 Å². The first-order valence-electron chi connectivity index (χ1n) is 5.85. The molecule has 4 nitrogen and oxygen atoms in total. The molecule has 0 spiro atoms. The van der Waals surface area contributed by atoms with Gasteiger partial charge in [0.1, 0.15) is 0 Å². The van der Waals surface area contributed by atoms with Gasteiger partial charge in [0.15, 0.2) is 0 Å². The summed E-state index contributed by atoms with van der Waals surface area (Å²) < 4.78 is 10.6. The summed E-state index contributed by atoms with van der Waals surface area (Å²) in [4.78, 5) is 0. The Kier molecular flexibility index (Phi) is 6.92. The molecule has 0 radical (unpaired) electrons. The topological polar surface area (TPSA) is 64.7 Å². The van der Waals surface area contributed by atoms with Gasteiger partial charge in [0.25, 0.3) is 0 Å². The van der Waals surface area contributed by atoms with Crippen LogP contribution in [0.2, 0.25) is 0 Å². The van der Waals surface area contributed by atoms with E-state index in [-0.39, 0.29) is 6.61 Å². The fraction of sp³-hybridized carbons (Fsp3) is 1.00. The van der Waals surface area contributed by atoms with Crippen LogP contribution in [0.1, 0.15) is 19.3 Å². The maximum absolute atomic E-state index is 8.48. The van der Waals surface area contributed by atoms with Crippen molar-refractivity contribution in [1.29, 1.82) is 0 Å². The molecule has 0 aromatic heterocycles. The molecule has 0 bridgehead atoms. The number of hydrogen-bond acceptors (Lipinski definition) is 4. The normalized spacial score (nSPS) is 26.0. The maximum atomic E-state index is 8.48. The molecule has 4 heteroatoms. The fourth-order valence-electron chi connectivity index (χ4n) is 2.16. The van der Waals surface area contributed by atoms with E-state index in [4.69, 9.17) is 20.3 Å². The van der Waals surface area contributed by atoms with Crippen LogP contribution in [0.3, 0.4) is 0 Å². The second kappa shape index (κ2) is 8.05. The Hall–Kier alpha value is -0.160. The third-order valence-electron chi connectivity index (χ3n) is 3.06. The quantitative estimate of drug-likeness (QED) is 0.577. The molecule has 1 aliphatic rings. The van der Waals surface area contributed by atoms with E-state index in [2.05, 4.69) is 0 Å². The molecule has 1 fully saturated rings. The van der Waals surface area contributed by atoms with E-state index >= 15 is 0 Å². The summed E-state index contributed by atoms with van der Waals surface area (Å²) in [5.74, 6) is 1.30. The molecule has 2 atom stereocenters. The largest absolute Gasteiger partial charge is 0.394 e. The third kappa shape index (κ3) is 4.93. The lowest BCUT2D eigenvalue weighted by Crippen LogP contribution is -2.23. The first-order valence-corrected chi connectivity index (χ1v) is 5.85. The predicted molar refractivity (Wildman–Crippen MR) is 58.6 cm³/mol. The van der Waals surface area contributed by atoms with Crippen molar-refractivity contribution >= 4 is 0 Å². The van der Waals surface area contributed by atoms with Crippen LogP contribution in [0.4, 0.5) is 0 Å². The molecule has 1 aliphatic carbocycles. The monoisotopic (exact) mass is 217 g/mol. The summed E-state index contributed by atoms with van der Waals surface area (Å²) in [5, 5.41) is 8.48. The molecule has 0 amide bonds. The molecule has 90 valence electrons.